The van der Waals surface area contributed by atoms with Crippen molar-refractivity contribution >= 4 is 26.5 Å². The van der Waals surface area contributed by atoms with Crippen molar-refractivity contribution in [3.05, 3.63) is 66.5 Å². The Hall–Kier alpha value is -2.91. The van der Waals surface area contributed by atoms with Crippen molar-refractivity contribution < 1.29 is 8.42 Å². The fourth-order valence-electron chi connectivity index (χ4n) is 2.20. The molecule has 0 atom stereocenters. The maximum Gasteiger partial charge on any atom is 0.263 e. The Morgan fingerprint density at radius 2 is 1.86 bits per heavy atom. The van der Waals surface area contributed by atoms with Crippen molar-refractivity contribution in [1.29, 1.82) is 5.26 Å². The zero-order chi connectivity index (χ0) is 15.6. The average molecular weight is 309 g/mol. The van der Waals surface area contributed by atoms with Gasteiger partial charge >= 0.3 is 0 Å². The van der Waals surface area contributed by atoms with Crippen LogP contribution in [0.1, 0.15) is 5.56 Å². The van der Waals surface area contributed by atoms with Gasteiger partial charge in [-0.1, -0.05) is 24.3 Å². The maximum atomic E-state index is 12.5. The Morgan fingerprint density at radius 1 is 1.05 bits per heavy atom. The maximum absolute atomic E-state index is 12.5. The lowest BCUT2D eigenvalue weighted by Gasteiger charge is -2.11. The summed E-state index contributed by atoms with van der Waals surface area (Å²) in [5.74, 6) is 0. The van der Waals surface area contributed by atoms with Gasteiger partial charge in [0.15, 0.2) is 0 Å². The smallest absolute Gasteiger partial charge is 0.263 e. The van der Waals surface area contributed by atoms with E-state index in [0.29, 0.717) is 5.69 Å². The van der Waals surface area contributed by atoms with Crippen molar-refractivity contribution in [2.24, 2.45) is 0 Å². The number of pyridine rings is 1. The van der Waals surface area contributed by atoms with Crippen LogP contribution in [-0.4, -0.2) is 13.4 Å². The van der Waals surface area contributed by atoms with E-state index < -0.39 is 10.0 Å². The van der Waals surface area contributed by atoms with Gasteiger partial charge in [0.1, 0.15) is 11.0 Å². The van der Waals surface area contributed by atoms with Crippen LogP contribution in [0.2, 0.25) is 0 Å². The Morgan fingerprint density at radius 3 is 2.68 bits per heavy atom. The number of nitrogens with zero attached hydrogens (tertiary/aromatic N) is 2. The number of fused-ring (bicyclic) bond motifs is 1. The highest BCUT2D eigenvalue weighted by molar-refractivity contribution is 7.92. The number of hydrogen-bond acceptors (Lipinski definition) is 4. The van der Waals surface area contributed by atoms with Gasteiger partial charge in [0.25, 0.3) is 10.0 Å². The third-order valence-electron chi connectivity index (χ3n) is 3.22. The van der Waals surface area contributed by atoms with Crippen molar-refractivity contribution in [3.63, 3.8) is 0 Å². The van der Waals surface area contributed by atoms with Crippen LogP contribution in [0.4, 0.5) is 5.69 Å². The fourth-order valence-corrected chi connectivity index (χ4v) is 3.44. The Kier molecular flexibility index (Phi) is 3.49. The van der Waals surface area contributed by atoms with Crippen molar-refractivity contribution in [1.82, 2.24) is 4.98 Å². The zero-order valence-corrected chi connectivity index (χ0v) is 12.2. The Labute approximate surface area is 127 Å². The minimum Gasteiger partial charge on any atom is -0.279 e. The van der Waals surface area contributed by atoms with E-state index in [1.165, 1.54) is 12.1 Å². The molecule has 5 nitrogen and oxygen atoms in total. The minimum absolute atomic E-state index is 0.0384. The second kappa shape index (κ2) is 5.47. The van der Waals surface area contributed by atoms with E-state index in [9.17, 15) is 8.42 Å². The Bertz CT molecular complexity index is 986. The summed E-state index contributed by atoms with van der Waals surface area (Å²) in [5, 5.41) is 10.6. The number of aromatic nitrogens is 1. The van der Waals surface area contributed by atoms with Crippen LogP contribution < -0.4 is 4.72 Å². The van der Waals surface area contributed by atoms with Crippen molar-refractivity contribution in [3.8, 4) is 6.07 Å². The van der Waals surface area contributed by atoms with Gasteiger partial charge in [0, 0.05) is 23.2 Å². The number of sulfonamides is 1. The second-order valence-corrected chi connectivity index (χ2v) is 6.27. The molecule has 0 bridgehead atoms. The third-order valence-corrected chi connectivity index (χ3v) is 4.65. The standard InChI is InChI=1S/C16H11N3O2S/c17-10-12-4-1-2-7-16(12)22(20,21)19-15-6-3-5-13-11-18-9-8-14(13)15/h1-9,11,19H. The van der Waals surface area contributed by atoms with Crippen LogP contribution in [0.5, 0.6) is 0 Å². The van der Waals surface area contributed by atoms with E-state index in [1.807, 2.05) is 12.1 Å². The molecule has 0 spiro atoms. The molecule has 1 heterocycles. The van der Waals surface area contributed by atoms with Crippen LogP contribution in [0.25, 0.3) is 10.8 Å². The molecule has 0 amide bonds. The van der Waals surface area contributed by atoms with Crippen molar-refractivity contribution in [2.45, 2.75) is 4.90 Å². The third kappa shape index (κ3) is 2.50. The first kappa shape index (κ1) is 14.0. The molecule has 0 saturated carbocycles. The fraction of sp³-hybridized carbons (Fsp3) is 0. The predicted octanol–water partition coefficient (Wildman–Crippen LogP) is 2.91. The van der Waals surface area contributed by atoms with Crippen LogP contribution >= 0.6 is 0 Å². The first-order valence-electron chi connectivity index (χ1n) is 6.46. The van der Waals surface area contributed by atoms with E-state index in [2.05, 4.69) is 9.71 Å². The average Bonchev–Trinajstić information content (AvgIpc) is 2.55. The van der Waals surface area contributed by atoms with Gasteiger partial charge in [0.05, 0.1) is 11.3 Å². The van der Waals surface area contributed by atoms with E-state index in [-0.39, 0.29) is 10.5 Å². The summed E-state index contributed by atoms with van der Waals surface area (Å²) in [4.78, 5) is 3.98. The molecule has 3 aromatic rings. The molecule has 3 rings (SSSR count). The summed E-state index contributed by atoms with van der Waals surface area (Å²) in [7, 11) is -3.84. The molecule has 108 valence electrons. The number of anilines is 1. The molecule has 22 heavy (non-hydrogen) atoms. The van der Waals surface area contributed by atoms with Gasteiger partial charge in [0.2, 0.25) is 0 Å². The monoisotopic (exact) mass is 309 g/mol. The summed E-state index contributed by atoms with van der Waals surface area (Å²) >= 11 is 0. The normalized spacial score (nSPS) is 11.0. The molecule has 0 radical (unpaired) electrons. The molecule has 0 aliphatic heterocycles. The second-order valence-electron chi connectivity index (χ2n) is 4.62. The summed E-state index contributed by atoms with van der Waals surface area (Å²) in [6.07, 6.45) is 3.26. The van der Waals surface area contributed by atoms with Gasteiger partial charge in [-0.05, 0) is 24.3 Å². The summed E-state index contributed by atoms with van der Waals surface area (Å²) < 4.78 is 27.6. The molecule has 1 aromatic heterocycles. The highest BCUT2D eigenvalue weighted by atomic mass is 32.2. The molecular formula is C16H11N3O2S. The topological polar surface area (TPSA) is 82.8 Å². The Balaban J connectivity index is 2.10. The highest BCUT2D eigenvalue weighted by Gasteiger charge is 2.19. The predicted molar refractivity (Wildman–Crippen MR) is 83.7 cm³/mol. The first-order chi connectivity index (χ1) is 10.6. The van der Waals surface area contributed by atoms with E-state index in [1.54, 1.807) is 42.7 Å². The first-order valence-corrected chi connectivity index (χ1v) is 7.95. The lowest BCUT2D eigenvalue weighted by molar-refractivity contribution is 0.601. The summed E-state index contributed by atoms with van der Waals surface area (Å²) in [6, 6.07) is 15.0. The largest absolute Gasteiger partial charge is 0.279 e. The number of hydrogen-bond donors (Lipinski definition) is 1. The number of rotatable bonds is 3. The van der Waals surface area contributed by atoms with Crippen LogP contribution in [0.15, 0.2) is 65.8 Å². The molecule has 0 saturated heterocycles. The zero-order valence-electron chi connectivity index (χ0n) is 11.4. The SMILES string of the molecule is N#Cc1ccccc1S(=O)(=O)Nc1cccc2cnccc12. The van der Waals surface area contributed by atoms with Gasteiger partial charge in [-0.15, -0.1) is 0 Å². The molecule has 0 aliphatic carbocycles. The van der Waals surface area contributed by atoms with Crippen LogP contribution in [-0.2, 0) is 10.0 Å². The molecule has 0 fully saturated rings. The lowest BCUT2D eigenvalue weighted by Crippen LogP contribution is -2.14. The van der Waals surface area contributed by atoms with E-state index >= 15 is 0 Å². The van der Waals surface area contributed by atoms with Gasteiger partial charge < -0.3 is 0 Å². The molecule has 1 N–H and O–H groups in total. The van der Waals surface area contributed by atoms with E-state index in [0.717, 1.165) is 10.8 Å². The highest BCUT2D eigenvalue weighted by Crippen LogP contribution is 2.25. The molecule has 0 aliphatic rings. The molecule has 2 aromatic carbocycles. The summed E-state index contributed by atoms with van der Waals surface area (Å²) in [6.45, 7) is 0. The van der Waals surface area contributed by atoms with Crippen LogP contribution in [0, 0.1) is 11.3 Å². The minimum atomic E-state index is -3.84. The summed E-state index contributed by atoms with van der Waals surface area (Å²) in [5.41, 5.74) is 0.560. The van der Waals surface area contributed by atoms with Crippen molar-refractivity contribution in [2.75, 3.05) is 4.72 Å². The van der Waals surface area contributed by atoms with Gasteiger partial charge in [-0.25, -0.2) is 8.42 Å². The quantitative estimate of drug-likeness (QED) is 0.806. The van der Waals surface area contributed by atoms with Gasteiger partial charge in [-0.2, -0.15) is 5.26 Å². The lowest BCUT2D eigenvalue weighted by atomic mass is 10.1. The van der Waals surface area contributed by atoms with Crippen LogP contribution in [0.3, 0.4) is 0 Å². The molecule has 0 unspecified atom stereocenters. The molecular weight excluding hydrogens is 298 g/mol. The molecule has 6 heteroatoms. The number of nitrogens with one attached hydrogen (secondary N) is 1. The van der Waals surface area contributed by atoms with Gasteiger partial charge in [-0.3, -0.25) is 9.71 Å². The van der Waals surface area contributed by atoms with E-state index in [4.69, 9.17) is 5.26 Å². The number of nitriles is 1. The number of benzene rings is 2.